The van der Waals surface area contributed by atoms with Crippen LogP contribution in [0.15, 0.2) is 89.3 Å². The molecule has 0 fully saturated rings. The summed E-state index contributed by atoms with van der Waals surface area (Å²) in [6.45, 7) is 3.82. The summed E-state index contributed by atoms with van der Waals surface area (Å²) < 4.78 is 6.14. The number of nitrogens with zero attached hydrogens (tertiary/aromatic N) is 2. The third-order valence-electron chi connectivity index (χ3n) is 6.49. The monoisotopic (exact) mass is 503 g/mol. The number of anilines is 1. The van der Waals surface area contributed by atoms with Crippen LogP contribution in [-0.4, -0.2) is 28.7 Å². The average molecular weight is 504 g/mol. The number of carbonyl (C=O) groups is 3. The number of nitriles is 1. The van der Waals surface area contributed by atoms with Crippen LogP contribution in [0.1, 0.15) is 46.5 Å². The predicted octanol–water partition coefficient (Wildman–Crippen LogP) is 6.13. The normalized spacial score (nSPS) is 13.4. The molecule has 1 unspecified atom stereocenters. The van der Waals surface area contributed by atoms with Crippen LogP contribution in [-0.2, 0) is 4.79 Å². The van der Waals surface area contributed by atoms with Crippen molar-refractivity contribution < 1.29 is 18.8 Å². The lowest BCUT2D eigenvalue weighted by molar-refractivity contribution is -0.120. The molecule has 188 valence electrons. The van der Waals surface area contributed by atoms with Gasteiger partial charge in [-0.2, -0.15) is 5.26 Å². The fourth-order valence-electron chi connectivity index (χ4n) is 4.76. The maximum Gasteiger partial charge on any atom is 0.262 e. The van der Waals surface area contributed by atoms with Gasteiger partial charge in [0.2, 0.25) is 11.8 Å². The molecule has 1 aliphatic rings. The Kier molecular flexibility index (Phi) is 6.63. The molecule has 5 rings (SSSR count). The lowest BCUT2D eigenvalue weighted by Gasteiger charge is -2.26. The largest absolute Gasteiger partial charge is 0.438 e. The number of imide groups is 1. The highest BCUT2D eigenvalue weighted by Gasteiger charge is 2.43. The van der Waals surface area contributed by atoms with Gasteiger partial charge in [-0.25, -0.2) is 0 Å². The van der Waals surface area contributed by atoms with Gasteiger partial charge in [-0.1, -0.05) is 86.6 Å². The molecule has 7 heteroatoms. The molecule has 0 radical (unpaired) electrons. The number of nitrogens with one attached hydrogen (secondary N) is 1. The minimum atomic E-state index is -1.08. The lowest BCUT2D eigenvalue weighted by Crippen LogP contribution is -2.48. The van der Waals surface area contributed by atoms with Crippen molar-refractivity contribution in [3.8, 4) is 28.5 Å². The van der Waals surface area contributed by atoms with Gasteiger partial charge in [0.1, 0.15) is 23.4 Å². The zero-order valence-corrected chi connectivity index (χ0v) is 21.0. The first-order valence-corrected chi connectivity index (χ1v) is 12.4. The van der Waals surface area contributed by atoms with Gasteiger partial charge in [0.05, 0.1) is 11.1 Å². The van der Waals surface area contributed by atoms with Crippen molar-refractivity contribution in [3.05, 3.63) is 102 Å². The van der Waals surface area contributed by atoms with Gasteiger partial charge in [0.25, 0.3) is 11.8 Å². The third kappa shape index (κ3) is 4.37. The second-order valence-electron chi connectivity index (χ2n) is 9.51. The zero-order chi connectivity index (χ0) is 26.8. The first kappa shape index (κ1) is 24.7. The van der Waals surface area contributed by atoms with Gasteiger partial charge in [-0.15, -0.1) is 0 Å². The van der Waals surface area contributed by atoms with Crippen molar-refractivity contribution in [2.24, 2.45) is 5.92 Å². The van der Waals surface area contributed by atoms with Crippen LogP contribution in [0.2, 0.25) is 0 Å². The molecule has 0 saturated heterocycles. The van der Waals surface area contributed by atoms with Crippen LogP contribution in [0.3, 0.4) is 0 Å². The molecule has 2 heterocycles. The number of carbonyl (C=O) groups excluding carboxylic acids is 3. The van der Waals surface area contributed by atoms with Crippen molar-refractivity contribution >= 4 is 23.6 Å². The molecule has 0 aliphatic carbocycles. The molecule has 1 atom stereocenters. The van der Waals surface area contributed by atoms with Crippen LogP contribution in [0.5, 0.6) is 0 Å². The number of amides is 3. The Labute approximate surface area is 220 Å². The second-order valence-corrected chi connectivity index (χ2v) is 9.51. The molecule has 4 aromatic rings. The predicted molar refractivity (Wildman–Crippen MR) is 143 cm³/mol. The number of rotatable bonds is 7. The van der Waals surface area contributed by atoms with E-state index in [1.807, 2.05) is 74.5 Å². The Bertz CT molecular complexity index is 1530. The molecule has 1 aliphatic heterocycles. The molecule has 1 aromatic heterocycles. The number of fused-ring (bicyclic) bond motifs is 1. The van der Waals surface area contributed by atoms with E-state index in [0.29, 0.717) is 11.3 Å². The van der Waals surface area contributed by atoms with E-state index >= 15 is 0 Å². The molecule has 3 aromatic carbocycles. The lowest BCUT2D eigenvalue weighted by atomic mass is 9.98. The first-order chi connectivity index (χ1) is 18.4. The van der Waals surface area contributed by atoms with E-state index in [1.54, 1.807) is 24.3 Å². The Morgan fingerprint density at radius 3 is 1.92 bits per heavy atom. The second kappa shape index (κ2) is 10.2. The van der Waals surface area contributed by atoms with Gasteiger partial charge in [0.15, 0.2) is 0 Å². The van der Waals surface area contributed by atoms with Crippen LogP contribution < -0.4 is 5.32 Å². The molecule has 3 amide bonds. The molecule has 1 N–H and O–H groups in total. The summed E-state index contributed by atoms with van der Waals surface area (Å²) in [4.78, 5) is 41.1. The van der Waals surface area contributed by atoms with Crippen molar-refractivity contribution in [1.29, 1.82) is 5.26 Å². The van der Waals surface area contributed by atoms with Gasteiger partial charge in [-0.3, -0.25) is 24.6 Å². The summed E-state index contributed by atoms with van der Waals surface area (Å²) in [6, 6.07) is 26.3. The van der Waals surface area contributed by atoms with Gasteiger partial charge < -0.3 is 4.42 Å². The SMILES string of the molecule is CC(C)CC(C(=O)Nc1oc(-c2ccccc2)c(-c2ccccc2)c1C#N)N1C(=O)c2ccccc2C1=O. The van der Waals surface area contributed by atoms with E-state index in [4.69, 9.17) is 4.42 Å². The smallest absolute Gasteiger partial charge is 0.262 e. The molecule has 0 bridgehead atoms. The summed E-state index contributed by atoms with van der Waals surface area (Å²) in [5.41, 5.74) is 2.75. The minimum Gasteiger partial charge on any atom is -0.438 e. The van der Waals surface area contributed by atoms with Gasteiger partial charge >= 0.3 is 0 Å². The Hall–Kier alpha value is -4.96. The highest BCUT2D eigenvalue weighted by Crippen LogP contribution is 2.41. The third-order valence-corrected chi connectivity index (χ3v) is 6.49. The van der Waals surface area contributed by atoms with E-state index in [9.17, 15) is 19.6 Å². The van der Waals surface area contributed by atoms with E-state index in [-0.39, 0.29) is 34.9 Å². The van der Waals surface area contributed by atoms with Crippen molar-refractivity contribution in [3.63, 3.8) is 0 Å². The number of hydrogen-bond acceptors (Lipinski definition) is 5. The van der Waals surface area contributed by atoms with Gasteiger partial charge in [-0.05, 0) is 30.0 Å². The maximum atomic E-state index is 13.7. The summed E-state index contributed by atoms with van der Waals surface area (Å²) in [6.07, 6.45) is 0.247. The van der Waals surface area contributed by atoms with E-state index < -0.39 is 23.8 Å². The summed E-state index contributed by atoms with van der Waals surface area (Å²) >= 11 is 0. The quantitative estimate of drug-likeness (QED) is 0.305. The van der Waals surface area contributed by atoms with Crippen molar-refractivity contribution in [2.75, 3.05) is 5.32 Å². The summed E-state index contributed by atoms with van der Waals surface area (Å²) in [5.74, 6) is -1.22. The highest BCUT2D eigenvalue weighted by molar-refractivity contribution is 6.23. The summed E-state index contributed by atoms with van der Waals surface area (Å²) in [7, 11) is 0. The van der Waals surface area contributed by atoms with Crippen LogP contribution in [0.4, 0.5) is 5.88 Å². The Morgan fingerprint density at radius 1 is 0.868 bits per heavy atom. The zero-order valence-electron chi connectivity index (χ0n) is 21.0. The highest BCUT2D eigenvalue weighted by atomic mass is 16.4. The first-order valence-electron chi connectivity index (χ1n) is 12.4. The maximum absolute atomic E-state index is 13.7. The number of hydrogen-bond donors (Lipinski definition) is 1. The molecule has 0 saturated carbocycles. The van der Waals surface area contributed by atoms with E-state index in [2.05, 4.69) is 11.4 Å². The van der Waals surface area contributed by atoms with E-state index in [0.717, 1.165) is 16.0 Å². The Balaban J connectivity index is 1.56. The van der Waals surface area contributed by atoms with Crippen LogP contribution >= 0.6 is 0 Å². The van der Waals surface area contributed by atoms with Crippen LogP contribution in [0, 0.1) is 17.2 Å². The topological polar surface area (TPSA) is 103 Å². The number of benzene rings is 3. The molecule has 7 nitrogen and oxygen atoms in total. The molecule has 38 heavy (non-hydrogen) atoms. The van der Waals surface area contributed by atoms with Crippen molar-refractivity contribution in [2.45, 2.75) is 26.3 Å². The van der Waals surface area contributed by atoms with Crippen molar-refractivity contribution in [1.82, 2.24) is 4.90 Å². The molecular formula is C31H25N3O4. The summed E-state index contributed by atoms with van der Waals surface area (Å²) in [5, 5.41) is 12.9. The molecular weight excluding hydrogens is 478 g/mol. The minimum absolute atomic E-state index is 0.00172. The molecule has 0 spiro atoms. The Morgan fingerprint density at radius 2 is 1.39 bits per heavy atom. The fourth-order valence-corrected chi connectivity index (χ4v) is 4.76. The fraction of sp³-hybridized carbons (Fsp3) is 0.161. The van der Waals surface area contributed by atoms with E-state index in [1.165, 1.54) is 0 Å². The standard InChI is InChI=1S/C31H25N3O4/c1-19(2)17-25(34-30(36)22-15-9-10-16-23(22)31(34)37)28(35)33-29-24(18-32)26(20-11-5-3-6-12-20)27(38-29)21-13-7-4-8-14-21/h3-16,19,25H,17H2,1-2H3,(H,33,35). The van der Waals surface area contributed by atoms with Crippen LogP contribution in [0.25, 0.3) is 22.5 Å². The van der Waals surface area contributed by atoms with Gasteiger partial charge in [0, 0.05) is 11.1 Å². The average Bonchev–Trinajstić information content (AvgIpc) is 3.42. The number of furan rings is 1.